The summed E-state index contributed by atoms with van der Waals surface area (Å²) in [5, 5.41) is 9.13. The molecule has 0 aromatic heterocycles. The summed E-state index contributed by atoms with van der Waals surface area (Å²) in [4.78, 5) is 12.0. The van der Waals surface area contributed by atoms with E-state index in [-0.39, 0.29) is 18.0 Å². The standard InChI is InChI=1S/C12H20O3/c1-2-15-11(14)12(5-6-13)8-9-3-4-10(12)7-9/h9-10,13H,2-8H2,1H3. The lowest BCUT2D eigenvalue weighted by Gasteiger charge is -2.34. The van der Waals surface area contributed by atoms with E-state index in [2.05, 4.69) is 0 Å². The van der Waals surface area contributed by atoms with Gasteiger partial charge in [0.1, 0.15) is 0 Å². The third-order valence-electron chi connectivity index (χ3n) is 4.22. The summed E-state index contributed by atoms with van der Waals surface area (Å²) < 4.78 is 5.18. The fraction of sp³-hybridized carbons (Fsp3) is 0.917. The highest BCUT2D eigenvalue weighted by atomic mass is 16.5. The van der Waals surface area contributed by atoms with Gasteiger partial charge < -0.3 is 9.84 Å². The predicted molar refractivity (Wildman–Crippen MR) is 56.2 cm³/mol. The maximum absolute atomic E-state index is 12.0. The molecule has 2 bridgehead atoms. The molecule has 1 N–H and O–H groups in total. The maximum Gasteiger partial charge on any atom is 0.312 e. The molecule has 3 unspecified atom stereocenters. The van der Waals surface area contributed by atoms with Crippen LogP contribution in [0.5, 0.6) is 0 Å². The van der Waals surface area contributed by atoms with Gasteiger partial charge in [0.15, 0.2) is 0 Å². The van der Waals surface area contributed by atoms with Crippen molar-refractivity contribution in [3.8, 4) is 0 Å². The van der Waals surface area contributed by atoms with Crippen LogP contribution in [0.1, 0.15) is 39.0 Å². The van der Waals surface area contributed by atoms with E-state index in [1.165, 1.54) is 12.8 Å². The minimum Gasteiger partial charge on any atom is -0.466 e. The first-order valence-corrected chi connectivity index (χ1v) is 6.01. The lowest BCUT2D eigenvalue weighted by atomic mass is 9.71. The lowest BCUT2D eigenvalue weighted by molar-refractivity contribution is -0.160. The van der Waals surface area contributed by atoms with Gasteiger partial charge in [0.05, 0.1) is 12.0 Å². The zero-order chi connectivity index (χ0) is 10.9. The molecule has 0 spiro atoms. The number of fused-ring (bicyclic) bond motifs is 2. The summed E-state index contributed by atoms with van der Waals surface area (Å²) in [5.74, 6) is 1.10. The van der Waals surface area contributed by atoms with Gasteiger partial charge in [-0.2, -0.15) is 0 Å². The molecule has 0 saturated heterocycles. The highest BCUT2D eigenvalue weighted by Crippen LogP contribution is 2.58. The SMILES string of the molecule is CCOC(=O)C1(CCO)CC2CCC1C2. The maximum atomic E-state index is 12.0. The molecule has 86 valence electrons. The van der Waals surface area contributed by atoms with Gasteiger partial charge in [-0.25, -0.2) is 0 Å². The third kappa shape index (κ3) is 1.67. The Morgan fingerprint density at radius 1 is 1.53 bits per heavy atom. The van der Waals surface area contributed by atoms with E-state index in [0.717, 1.165) is 12.8 Å². The molecule has 0 amide bonds. The summed E-state index contributed by atoms with van der Waals surface area (Å²) in [6.07, 6.45) is 5.10. The summed E-state index contributed by atoms with van der Waals surface area (Å²) in [6, 6.07) is 0. The highest BCUT2D eigenvalue weighted by molar-refractivity contribution is 5.78. The molecule has 2 saturated carbocycles. The highest BCUT2D eigenvalue weighted by Gasteiger charge is 2.55. The molecule has 3 atom stereocenters. The van der Waals surface area contributed by atoms with Crippen molar-refractivity contribution in [2.45, 2.75) is 39.0 Å². The molecular weight excluding hydrogens is 192 g/mol. The monoisotopic (exact) mass is 212 g/mol. The van der Waals surface area contributed by atoms with Crippen molar-refractivity contribution in [1.82, 2.24) is 0 Å². The largest absolute Gasteiger partial charge is 0.466 e. The zero-order valence-electron chi connectivity index (χ0n) is 9.37. The van der Waals surface area contributed by atoms with E-state index >= 15 is 0 Å². The third-order valence-corrected chi connectivity index (χ3v) is 4.22. The van der Waals surface area contributed by atoms with Crippen molar-refractivity contribution in [2.75, 3.05) is 13.2 Å². The van der Waals surface area contributed by atoms with Crippen LogP contribution in [0.3, 0.4) is 0 Å². The number of hydrogen-bond donors (Lipinski definition) is 1. The van der Waals surface area contributed by atoms with Crippen LogP contribution < -0.4 is 0 Å². The van der Waals surface area contributed by atoms with Crippen molar-refractivity contribution in [3.05, 3.63) is 0 Å². The van der Waals surface area contributed by atoms with Crippen LogP contribution in [0.25, 0.3) is 0 Å². The second kappa shape index (κ2) is 4.12. The van der Waals surface area contributed by atoms with Gasteiger partial charge in [-0.3, -0.25) is 4.79 Å². The number of aliphatic hydroxyl groups excluding tert-OH is 1. The molecule has 2 fully saturated rings. The summed E-state index contributed by atoms with van der Waals surface area (Å²) in [7, 11) is 0. The van der Waals surface area contributed by atoms with Crippen LogP contribution in [-0.4, -0.2) is 24.3 Å². The zero-order valence-corrected chi connectivity index (χ0v) is 9.37. The summed E-state index contributed by atoms with van der Waals surface area (Å²) in [6.45, 7) is 2.39. The predicted octanol–water partition coefficient (Wildman–Crippen LogP) is 1.74. The number of carbonyl (C=O) groups excluding carboxylic acids is 1. The van der Waals surface area contributed by atoms with Crippen LogP contribution in [0.2, 0.25) is 0 Å². The van der Waals surface area contributed by atoms with Gasteiger partial charge in [0.2, 0.25) is 0 Å². The van der Waals surface area contributed by atoms with Gasteiger partial charge >= 0.3 is 5.97 Å². The molecule has 3 nitrogen and oxygen atoms in total. The lowest BCUT2D eigenvalue weighted by Crippen LogP contribution is -2.39. The van der Waals surface area contributed by atoms with Crippen molar-refractivity contribution < 1.29 is 14.6 Å². The number of carbonyl (C=O) groups is 1. The minimum atomic E-state index is -0.340. The topological polar surface area (TPSA) is 46.5 Å². The fourth-order valence-electron chi connectivity index (χ4n) is 3.58. The van der Waals surface area contributed by atoms with Gasteiger partial charge in [-0.05, 0) is 44.4 Å². The van der Waals surface area contributed by atoms with Crippen LogP contribution in [-0.2, 0) is 9.53 Å². The Morgan fingerprint density at radius 2 is 2.33 bits per heavy atom. The van der Waals surface area contributed by atoms with Crippen molar-refractivity contribution >= 4 is 5.97 Å². The van der Waals surface area contributed by atoms with E-state index in [0.29, 0.717) is 24.9 Å². The first-order chi connectivity index (χ1) is 7.23. The van der Waals surface area contributed by atoms with Crippen LogP contribution in [0.15, 0.2) is 0 Å². The van der Waals surface area contributed by atoms with E-state index in [1.54, 1.807) is 0 Å². The minimum absolute atomic E-state index is 0.0637. The Kier molecular flexibility index (Phi) is 3.01. The van der Waals surface area contributed by atoms with Crippen molar-refractivity contribution in [1.29, 1.82) is 0 Å². The number of esters is 1. The second-order valence-corrected chi connectivity index (χ2v) is 4.93. The van der Waals surface area contributed by atoms with E-state index in [9.17, 15) is 4.79 Å². The van der Waals surface area contributed by atoms with Gasteiger partial charge in [-0.15, -0.1) is 0 Å². The molecular formula is C12H20O3. The van der Waals surface area contributed by atoms with E-state index in [1.807, 2.05) is 6.92 Å². The van der Waals surface area contributed by atoms with E-state index < -0.39 is 0 Å². The number of hydrogen-bond acceptors (Lipinski definition) is 3. The Labute approximate surface area is 90.8 Å². The van der Waals surface area contributed by atoms with Crippen LogP contribution in [0, 0.1) is 17.3 Å². The normalized spacial score (nSPS) is 38.3. The Bertz CT molecular complexity index is 251. The molecule has 0 heterocycles. The smallest absolute Gasteiger partial charge is 0.312 e. The molecule has 0 radical (unpaired) electrons. The van der Waals surface area contributed by atoms with Gasteiger partial charge in [0, 0.05) is 6.61 Å². The number of aliphatic hydroxyl groups is 1. The van der Waals surface area contributed by atoms with Gasteiger partial charge in [0.25, 0.3) is 0 Å². The van der Waals surface area contributed by atoms with Gasteiger partial charge in [-0.1, -0.05) is 6.42 Å². The molecule has 2 aliphatic rings. The summed E-state index contributed by atoms with van der Waals surface area (Å²) >= 11 is 0. The number of rotatable bonds is 4. The average Bonchev–Trinajstić information content (AvgIpc) is 2.79. The molecule has 2 rings (SSSR count). The Hall–Kier alpha value is -0.570. The molecule has 2 aliphatic carbocycles. The molecule has 0 aromatic carbocycles. The van der Waals surface area contributed by atoms with Crippen molar-refractivity contribution in [3.63, 3.8) is 0 Å². The summed E-state index contributed by atoms with van der Waals surface area (Å²) in [5.41, 5.74) is -0.340. The molecule has 0 aliphatic heterocycles. The fourth-order valence-corrected chi connectivity index (χ4v) is 3.58. The van der Waals surface area contributed by atoms with Crippen LogP contribution >= 0.6 is 0 Å². The quantitative estimate of drug-likeness (QED) is 0.722. The van der Waals surface area contributed by atoms with Crippen LogP contribution in [0.4, 0.5) is 0 Å². The molecule has 15 heavy (non-hydrogen) atoms. The number of ether oxygens (including phenoxy) is 1. The second-order valence-electron chi connectivity index (χ2n) is 4.93. The average molecular weight is 212 g/mol. The first kappa shape index (κ1) is 10.9. The Morgan fingerprint density at radius 3 is 2.80 bits per heavy atom. The first-order valence-electron chi connectivity index (χ1n) is 6.01. The van der Waals surface area contributed by atoms with E-state index in [4.69, 9.17) is 9.84 Å². The Balaban J connectivity index is 2.14. The van der Waals surface area contributed by atoms with Crippen molar-refractivity contribution in [2.24, 2.45) is 17.3 Å². The molecule has 3 heteroatoms. The molecule has 0 aromatic rings.